The van der Waals surface area contributed by atoms with Crippen molar-refractivity contribution in [3.63, 3.8) is 0 Å². The highest BCUT2D eigenvalue weighted by atomic mass is 35.5. The maximum Gasteiger partial charge on any atom is 0.331 e. The summed E-state index contributed by atoms with van der Waals surface area (Å²) in [6, 6.07) is 3.74. The largest absolute Gasteiger partial charge is 0.484 e. The van der Waals surface area contributed by atoms with Gasteiger partial charge in [-0.15, -0.1) is 0 Å². The van der Waals surface area contributed by atoms with Gasteiger partial charge in [0.15, 0.2) is 12.1 Å². The van der Waals surface area contributed by atoms with Crippen molar-refractivity contribution >= 4 is 29.2 Å². The maximum atomic E-state index is 13.0. The van der Waals surface area contributed by atoms with Crippen LogP contribution in [0.3, 0.4) is 0 Å². The van der Waals surface area contributed by atoms with Gasteiger partial charge in [0.05, 0.1) is 16.9 Å². The first-order valence-electron chi connectivity index (χ1n) is 6.86. The third kappa shape index (κ3) is 4.02. The molecule has 0 aliphatic rings. The molecule has 24 heavy (non-hydrogen) atoms. The first-order valence-corrected chi connectivity index (χ1v) is 7.24. The van der Waals surface area contributed by atoms with E-state index < -0.39 is 23.2 Å². The van der Waals surface area contributed by atoms with E-state index in [0.29, 0.717) is 5.69 Å². The number of rotatable bonds is 6. The van der Waals surface area contributed by atoms with Gasteiger partial charge >= 0.3 is 5.97 Å². The van der Waals surface area contributed by atoms with Crippen LogP contribution in [0.2, 0.25) is 5.02 Å². The van der Waals surface area contributed by atoms with Crippen LogP contribution in [0.4, 0.5) is 10.1 Å². The highest BCUT2D eigenvalue weighted by molar-refractivity contribution is 6.30. The summed E-state index contributed by atoms with van der Waals surface area (Å²) in [5.74, 6) is -1.87. The summed E-state index contributed by atoms with van der Waals surface area (Å²) in [5, 5.41) is 15.5. The monoisotopic (exact) mass is 355 g/mol. The van der Waals surface area contributed by atoms with Crippen molar-refractivity contribution < 1.29 is 23.8 Å². The number of ether oxygens (including phenoxy) is 1. The second kappa shape index (κ2) is 6.88. The number of amides is 1. The molecule has 0 atom stereocenters. The molecule has 1 aromatic carbocycles. The molecule has 0 aliphatic carbocycles. The summed E-state index contributed by atoms with van der Waals surface area (Å²) >= 11 is 5.62. The van der Waals surface area contributed by atoms with Gasteiger partial charge in [-0.05, 0) is 26.0 Å². The van der Waals surface area contributed by atoms with Crippen LogP contribution in [-0.2, 0) is 15.1 Å². The molecule has 0 fully saturated rings. The molecule has 0 aliphatic heterocycles. The predicted octanol–water partition coefficient (Wildman–Crippen LogP) is 2.51. The molecule has 0 saturated carbocycles. The molecular weight excluding hydrogens is 341 g/mol. The van der Waals surface area contributed by atoms with Crippen LogP contribution in [0.1, 0.15) is 13.8 Å². The number of carboxylic acid groups (broad SMARTS) is 1. The molecule has 2 N–H and O–H groups in total. The number of benzene rings is 1. The first-order chi connectivity index (χ1) is 11.2. The number of hydrogen-bond acceptors (Lipinski definition) is 4. The average Bonchev–Trinajstić information content (AvgIpc) is 2.97. The fourth-order valence-corrected chi connectivity index (χ4v) is 1.87. The van der Waals surface area contributed by atoms with E-state index >= 15 is 0 Å². The maximum absolute atomic E-state index is 13.0. The highest BCUT2D eigenvalue weighted by Gasteiger charge is 2.30. The van der Waals surface area contributed by atoms with E-state index in [4.69, 9.17) is 21.4 Å². The molecule has 0 saturated heterocycles. The molecule has 1 amide bonds. The van der Waals surface area contributed by atoms with Gasteiger partial charge in [0.2, 0.25) is 0 Å². The van der Waals surface area contributed by atoms with Crippen LogP contribution in [-0.4, -0.2) is 33.4 Å². The molecule has 2 aromatic rings. The lowest BCUT2D eigenvalue weighted by atomic mass is 10.1. The zero-order chi connectivity index (χ0) is 17.9. The summed E-state index contributed by atoms with van der Waals surface area (Å²) in [6.45, 7) is 2.64. The summed E-state index contributed by atoms with van der Waals surface area (Å²) in [4.78, 5) is 23.0. The van der Waals surface area contributed by atoms with Gasteiger partial charge < -0.3 is 15.2 Å². The lowest BCUT2D eigenvalue weighted by Gasteiger charge is -2.19. The summed E-state index contributed by atoms with van der Waals surface area (Å²) in [6.07, 6.45) is 2.73. The molecule has 0 unspecified atom stereocenters. The second-order valence-electron chi connectivity index (χ2n) is 5.45. The van der Waals surface area contributed by atoms with Crippen LogP contribution >= 0.6 is 11.6 Å². The van der Waals surface area contributed by atoms with Crippen LogP contribution in [0.25, 0.3) is 0 Å². The van der Waals surface area contributed by atoms with Gasteiger partial charge in [0.25, 0.3) is 5.91 Å². The Labute approximate surface area is 142 Å². The minimum absolute atomic E-state index is 0.106. The topological polar surface area (TPSA) is 93.5 Å². The normalized spacial score (nSPS) is 11.2. The smallest absolute Gasteiger partial charge is 0.331 e. The molecule has 0 bridgehead atoms. The zero-order valence-corrected chi connectivity index (χ0v) is 13.7. The van der Waals surface area contributed by atoms with Crippen molar-refractivity contribution in [1.29, 1.82) is 0 Å². The quantitative estimate of drug-likeness (QED) is 0.830. The molecule has 1 heterocycles. The van der Waals surface area contributed by atoms with Crippen molar-refractivity contribution in [2.45, 2.75) is 19.4 Å². The Kier molecular flexibility index (Phi) is 5.08. The Bertz CT molecular complexity index is 776. The van der Waals surface area contributed by atoms with Gasteiger partial charge in [-0.1, -0.05) is 11.6 Å². The lowest BCUT2D eigenvalue weighted by molar-refractivity contribution is -0.146. The molecule has 128 valence electrons. The van der Waals surface area contributed by atoms with Crippen LogP contribution in [0.15, 0.2) is 30.6 Å². The van der Waals surface area contributed by atoms with Crippen molar-refractivity contribution in [2.24, 2.45) is 0 Å². The first kappa shape index (κ1) is 17.7. The summed E-state index contributed by atoms with van der Waals surface area (Å²) in [7, 11) is 0. The van der Waals surface area contributed by atoms with Crippen molar-refractivity contribution in [2.75, 3.05) is 11.9 Å². The van der Waals surface area contributed by atoms with E-state index in [2.05, 4.69) is 10.4 Å². The molecule has 7 nitrogen and oxygen atoms in total. The number of aliphatic carboxylic acids is 1. The number of carbonyl (C=O) groups is 2. The fraction of sp³-hybridized carbons (Fsp3) is 0.267. The number of halogens is 2. The molecular formula is C15H15ClFN3O4. The lowest BCUT2D eigenvalue weighted by Crippen LogP contribution is -2.35. The third-order valence-electron chi connectivity index (χ3n) is 3.22. The number of hydrogen-bond donors (Lipinski definition) is 2. The molecule has 0 radical (unpaired) electrons. The summed E-state index contributed by atoms with van der Waals surface area (Å²) < 4.78 is 19.5. The Balaban J connectivity index is 1.94. The standard InChI is InChI=1S/C15H15ClFN3O4/c1-15(2,14(22)23)20-7-9(6-18-20)19-13(21)8-24-10-3-4-12(17)11(16)5-10/h3-7H,8H2,1-2H3,(H,19,21)(H,22,23). The number of anilines is 1. The van der Waals surface area contributed by atoms with E-state index in [1.807, 2.05) is 0 Å². The van der Waals surface area contributed by atoms with Gasteiger partial charge in [0, 0.05) is 12.3 Å². The van der Waals surface area contributed by atoms with Gasteiger partial charge in [0.1, 0.15) is 11.6 Å². The minimum Gasteiger partial charge on any atom is -0.484 e. The predicted molar refractivity (Wildman–Crippen MR) is 84.7 cm³/mol. The number of nitrogens with one attached hydrogen (secondary N) is 1. The Morgan fingerprint density at radius 1 is 1.46 bits per heavy atom. The van der Waals surface area contributed by atoms with E-state index in [9.17, 15) is 14.0 Å². The van der Waals surface area contributed by atoms with E-state index in [1.165, 1.54) is 43.1 Å². The second-order valence-corrected chi connectivity index (χ2v) is 5.86. The molecule has 2 rings (SSSR count). The van der Waals surface area contributed by atoms with Crippen LogP contribution < -0.4 is 10.1 Å². The van der Waals surface area contributed by atoms with E-state index in [-0.39, 0.29) is 17.4 Å². The average molecular weight is 356 g/mol. The Morgan fingerprint density at radius 2 is 2.17 bits per heavy atom. The van der Waals surface area contributed by atoms with Crippen LogP contribution in [0.5, 0.6) is 5.75 Å². The number of aromatic nitrogens is 2. The van der Waals surface area contributed by atoms with E-state index in [1.54, 1.807) is 0 Å². The third-order valence-corrected chi connectivity index (χ3v) is 3.51. The van der Waals surface area contributed by atoms with Gasteiger partial charge in [-0.2, -0.15) is 5.10 Å². The number of nitrogens with zero attached hydrogens (tertiary/aromatic N) is 2. The fourth-order valence-electron chi connectivity index (χ4n) is 1.70. The van der Waals surface area contributed by atoms with Crippen molar-refractivity contribution in [3.8, 4) is 5.75 Å². The van der Waals surface area contributed by atoms with E-state index in [0.717, 1.165) is 6.07 Å². The zero-order valence-electron chi connectivity index (χ0n) is 12.9. The van der Waals surface area contributed by atoms with Crippen molar-refractivity contribution in [3.05, 3.63) is 41.4 Å². The number of carbonyl (C=O) groups excluding carboxylic acids is 1. The Hall–Kier alpha value is -2.61. The Morgan fingerprint density at radius 3 is 2.79 bits per heavy atom. The minimum atomic E-state index is -1.25. The van der Waals surface area contributed by atoms with Crippen molar-refractivity contribution in [1.82, 2.24) is 9.78 Å². The molecule has 9 heteroatoms. The SMILES string of the molecule is CC(C)(C(=O)O)n1cc(NC(=O)COc2ccc(F)c(Cl)c2)cn1. The van der Waals surface area contributed by atoms with Gasteiger partial charge in [-0.3, -0.25) is 9.48 Å². The van der Waals surface area contributed by atoms with Crippen LogP contribution in [0, 0.1) is 5.82 Å². The molecule has 1 aromatic heterocycles. The summed E-state index contributed by atoms with van der Waals surface area (Å²) in [5.41, 5.74) is -0.917. The molecule has 0 spiro atoms. The van der Waals surface area contributed by atoms with Gasteiger partial charge in [-0.25, -0.2) is 9.18 Å². The highest BCUT2D eigenvalue weighted by Crippen LogP contribution is 2.21. The number of carboxylic acids is 1.